The quantitative estimate of drug-likeness (QED) is 0.801. The number of thioether (sulfide) groups is 1. The first-order valence-corrected chi connectivity index (χ1v) is 7.03. The van der Waals surface area contributed by atoms with Crippen molar-refractivity contribution in [1.29, 1.82) is 0 Å². The van der Waals surface area contributed by atoms with E-state index in [4.69, 9.17) is 0 Å². The van der Waals surface area contributed by atoms with Crippen molar-refractivity contribution in [2.24, 2.45) is 0 Å². The van der Waals surface area contributed by atoms with Crippen LogP contribution in [0.2, 0.25) is 0 Å². The summed E-state index contributed by atoms with van der Waals surface area (Å²) in [6.07, 6.45) is 0. The summed E-state index contributed by atoms with van der Waals surface area (Å²) in [5.74, 6) is 0.0995. The van der Waals surface area contributed by atoms with E-state index in [1.165, 1.54) is 5.56 Å². The van der Waals surface area contributed by atoms with Crippen molar-refractivity contribution in [2.75, 3.05) is 27.2 Å². The van der Waals surface area contributed by atoms with Gasteiger partial charge in [0.25, 0.3) is 0 Å². The van der Waals surface area contributed by atoms with Crippen LogP contribution in [0.15, 0.2) is 29.2 Å². The lowest BCUT2D eigenvalue weighted by atomic mass is 10.2. The van der Waals surface area contributed by atoms with Gasteiger partial charge in [-0.15, -0.1) is 11.8 Å². The van der Waals surface area contributed by atoms with Crippen LogP contribution in [0.25, 0.3) is 0 Å². The summed E-state index contributed by atoms with van der Waals surface area (Å²) in [5.41, 5.74) is 1.24. The number of nitrogens with zero attached hydrogens (tertiary/aromatic N) is 1. The number of hydrogen-bond acceptors (Lipinski definition) is 3. The number of amides is 1. The summed E-state index contributed by atoms with van der Waals surface area (Å²) in [6, 6.07) is 8.26. The van der Waals surface area contributed by atoms with Crippen molar-refractivity contribution in [3.8, 4) is 0 Å². The zero-order valence-electron chi connectivity index (χ0n) is 11.6. The molecule has 1 amide bonds. The fourth-order valence-electron chi connectivity index (χ4n) is 1.42. The third kappa shape index (κ3) is 5.56. The Bertz CT molecular complexity index is 376. The maximum Gasteiger partial charge on any atom is 0.233 e. The van der Waals surface area contributed by atoms with E-state index in [0.29, 0.717) is 6.54 Å². The van der Waals surface area contributed by atoms with Gasteiger partial charge < -0.3 is 10.2 Å². The van der Waals surface area contributed by atoms with E-state index in [2.05, 4.69) is 41.4 Å². The Labute approximate surface area is 114 Å². The lowest BCUT2D eigenvalue weighted by Crippen LogP contribution is -2.35. The van der Waals surface area contributed by atoms with Crippen LogP contribution < -0.4 is 5.32 Å². The predicted octanol–water partition coefficient (Wildman–Crippen LogP) is 2.15. The minimum atomic E-state index is -0.0603. The molecule has 1 rings (SSSR count). The monoisotopic (exact) mass is 266 g/mol. The molecule has 4 heteroatoms. The summed E-state index contributed by atoms with van der Waals surface area (Å²) in [5, 5.41) is 2.88. The minimum Gasteiger partial charge on any atom is -0.354 e. The topological polar surface area (TPSA) is 32.3 Å². The molecule has 0 aliphatic heterocycles. The number of carbonyl (C=O) groups is 1. The molecule has 1 aromatic carbocycles. The van der Waals surface area contributed by atoms with E-state index in [1.807, 2.05) is 21.0 Å². The number of carbonyl (C=O) groups excluding carboxylic acids is 1. The van der Waals surface area contributed by atoms with E-state index in [9.17, 15) is 4.79 Å². The van der Waals surface area contributed by atoms with Gasteiger partial charge in [-0.3, -0.25) is 4.79 Å². The minimum absolute atomic E-state index is 0.0603. The van der Waals surface area contributed by atoms with Crippen LogP contribution in [0.3, 0.4) is 0 Å². The Hall–Kier alpha value is -1.00. The highest BCUT2D eigenvalue weighted by molar-refractivity contribution is 8.00. The van der Waals surface area contributed by atoms with Gasteiger partial charge in [0.05, 0.1) is 5.25 Å². The maximum absolute atomic E-state index is 11.8. The largest absolute Gasteiger partial charge is 0.354 e. The van der Waals surface area contributed by atoms with Gasteiger partial charge in [0, 0.05) is 18.0 Å². The lowest BCUT2D eigenvalue weighted by Gasteiger charge is -2.14. The van der Waals surface area contributed by atoms with Gasteiger partial charge in [-0.1, -0.05) is 17.7 Å². The van der Waals surface area contributed by atoms with Gasteiger partial charge >= 0.3 is 0 Å². The summed E-state index contributed by atoms with van der Waals surface area (Å²) in [7, 11) is 3.99. The first kappa shape index (κ1) is 15.1. The number of hydrogen-bond donors (Lipinski definition) is 1. The molecule has 0 bridgehead atoms. The van der Waals surface area contributed by atoms with Crippen molar-refractivity contribution in [2.45, 2.75) is 24.0 Å². The van der Waals surface area contributed by atoms with Crippen molar-refractivity contribution in [3.63, 3.8) is 0 Å². The van der Waals surface area contributed by atoms with Crippen LogP contribution in [0.4, 0.5) is 0 Å². The second-order valence-corrected chi connectivity index (χ2v) is 6.08. The Morgan fingerprint density at radius 2 is 1.94 bits per heavy atom. The lowest BCUT2D eigenvalue weighted by molar-refractivity contribution is -0.120. The molecule has 0 unspecified atom stereocenters. The highest BCUT2D eigenvalue weighted by atomic mass is 32.2. The number of nitrogens with one attached hydrogen (secondary N) is 1. The molecule has 100 valence electrons. The average Bonchev–Trinajstić information content (AvgIpc) is 2.31. The van der Waals surface area contributed by atoms with Crippen molar-refractivity contribution in [3.05, 3.63) is 29.8 Å². The molecule has 0 saturated heterocycles. The fourth-order valence-corrected chi connectivity index (χ4v) is 2.31. The number of benzene rings is 1. The first-order valence-electron chi connectivity index (χ1n) is 6.15. The van der Waals surface area contributed by atoms with E-state index in [-0.39, 0.29) is 11.2 Å². The van der Waals surface area contributed by atoms with Crippen LogP contribution >= 0.6 is 11.8 Å². The van der Waals surface area contributed by atoms with Crippen LogP contribution in [0, 0.1) is 6.92 Å². The van der Waals surface area contributed by atoms with Crippen LogP contribution in [-0.2, 0) is 4.79 Å². The highest BCUT2D eigenvalue weighted by Gasteiger charge is 2.13. The second kappa shape index (κ2) is 7.44. The van der Waals surface area contributed by atoms with E-state index in [1.54, 1.807) is 11.8 Å². The SMILES string of the molecule is Cc1ccc(S[C@@H](C)C(=O)NCCN(C)C)cc1. The van der Waals surface area contributed by atoms with Crippen molar-refractivity contribution < 1.29 is 4.79 Å². The molecule has 0 aliphatic carbocycles. The van der Waals surface area contributed by atoms with Gasteiger partial charge in [-0.2, -0.15) is 0 Å². The zero-order valence-corrected chi connectivity index (χ0v) is 12.4. The summed E-state index contributed by atoms with van der Waals surface area (Å²) >= 11 is 1.59. The van der Waals surface area contributed by atoms with Gasteiger partial charge in [0.15, 0.2) is 0 Å². The van der Waals surface area contributed by atoms with E-state index >= 15 is 0 Å². The average molecular weight is 266 g/mol. The van der Waals surface area contributed by atoms with Crippen LogP contribution in [0.1, 0.15) is 12.5 Å². The third-order valence-electron chi connectivity index (χ3n) is 2.56. The van der Waals surface area contributed by atoms with E-state index in [0.717, 1.165) is 11.4 Å². The van der Waals surface area contributed by atoms with Gasteiger partial charge in [0.1, 0.15) is 0 Å². The summed E-state index contributed by atoms with van der Waals surface area (Å²) in [6.45, 7) is 5.57. The Balaban J connectivity index is 2.37. The van der Waals surface area contributed by atoms with Gasteiger partial charge in [0.2, 0.25) is 5.91 Å². The summed E-state index contributed by atoms with van der Waals surface area (Å²) < 4.78 is 0. The summed E-state index contributed by atoms with van der Waals surface area (Å²) in [4.78, 5) is 15.0. The maximum atomic E-state index is 11.8. The molecule has 0 saturated carbocycles. The Kier molecular flexibility index (Phi) is 6.22. The third-order valence-corrected chi connectivity index (χ3v) is 3.67. The molecule has 1 aromatic rings. The smallest absolute Gasteiger partial charge is 0.233 e. The van der Waals surface area contributed by atoms with Gasteiger partial charge in [-0.05, 0) is 40.1 Å². The molecule has 1 N–H and O–H groups in total. The predicted molar refractivity (Wildman–Crippen MR) is 78.1 cm³/mol. The van der Waals surface area contributed by atoms with Crippen molar-refractivity contribution in [1.82, 2.24) is 10.2 Å². The number of aryl methyl sites for hydroxylation is 1. The standard InChI is InChI=1S/C14H22N2OS/c1-11-5-7-13(8-6-11)18-12(2)14(17)15-9-10-16(3)4/h5-8,12H,9-10H2,1-4H3,(H,15,17)/t12-/m0/s1. The second-order valence-electron chi connectivity index (χ2n) is 4.67. The molecular weight excluding hydrogens is 244 g/mol. The molecule has 0 aliphatic rings. The normalized spacial score (nSPS) is 12.5. The Morgan fingerprint density at radius 3 is 2.50 bits per heavy atom. The van der Waals surface area contributed by atoms with Crippen LogP contribution in [0.5, 0.6) is 0 Å². The molecule has 0 aromatic heterocycles. The molecule has 18 heavy (non-hydrogen) atoms. The molecule has 0 heterocycles. The number of rotatable bonds is 6. The first-order chi connectivity index (χ1) is 8.49. The molecule has 0 spiro atoms. The van der Waals surface area contributed by atoms with E-state index < -0.39 is 0 Å². The Morgan fingerprint density at radius 1 is 1.33 bits per heavy atom. The fraction of sp³-hybridized carbons (Fsp3) is 0.500. The molecule has 3 nitrogen and oxygen atoms in total. The molecular formula is C14H22N2OS. The molecule has 0 radical (unpaired) electrons. The van der Waals surface area contributed by atoms with Crippen molar-refractivity contribution >= 4 is 17.7 Å². The van der Waals surface area contributed by atoms with Crippen LogP contribution in [-0.4, -0.2) is 43.2 Å². The number of likely N-dealkylation sites (N-methyl/N-ethyl adjacent to an activating group) is 1. The van der Waals surface area contributed by atoms with Gasteiger partial charge in [-0.25, -0.2) is 0 Å². The zero-order chi connectivity index (χ0) is 13.5. The molecule has 0 fully saturated rings. The highest BCUT2D eigenvalue weighted by Crippen LogP contribution is 2.23. The molecule has 1 atom stereocenters.